The van der Waals surface area contributed by atoms with Gasteiger partial charge in [-0.3, -0.25) is 0 Å². The van der Waals surface area contributed by atoms with Gasteiger partial charge < -0.3 is 19.0 Å². The smallest absolute Gasteiger partial charge is 0.263 e. The molecule has 1 aliphatic heterocycles. The second kappa shape index (κ2) is 13.7. The minimum absolute atomic E-state index is 0.184. The van der Waals surface area contributed by atoms with E-state index in [0.29, 0.717) is 25.9 Å². The summed E-state index contributed by atoms with van der Waals surface area (Å²) in [6.07, 6.45) is 7.75. The van der Waals surface area contributed by atoms with E-state index in [1.54, 1.807) is 29.4 Å². The fraction of sp³-hybridized carbons (Fsp3) is 0.355. The molecule has 10 nitrogen and oxygen atoms in total. The molecule has 0 atom stereocenters. The molecule has 2 aromatic carbocycles. The van der Waals surface area contributed by atoms with Gasteiger partial charge >= 0.3 is 0 Å². The van der Waals surface area contributed by atoms with Crippen LogP contribution in [0.2, 0.25) is 0 Å². The van der Waals surface area contributed by atoms with Crippen molar-refractivity contribution in [3.63, 3.8) is 0 Å². The summed E-state index contributed by atoms with van der Waals surface area (Å²) in [6, 6.07) is 12.1. The minimum atomic E-state index is -4.34. The van der Waals surface area contributed by atoms with Gasteiger partial charge in [0.1, 0.15) is 10.3 Å². The molecule has 0 bridgehead atoms. The van der Waals surface area contributed by atoms with E-state index in [9.17, 15) is 26.5 Å². The maximum Gasteiger partial charge on any atom is 0.263 e. The van der Waals surface area contributed by atoms with Crippen LogP contribution in [0.25, 0.3) is 27.3 Å². The summed E-state index contributed by atoms with van der Waals surface area (Å²) in [4.78, 5) is 3.32. The molecule has 1 aliphatic rings. The van der Waals surface area contributed by atoms with Crippen molar-refractivity contribution in [2.75, 3.05) is 23.0 Å². The average Bonchev–Trinajstić information content (AvgIpc) is 3.65. The van der Waals surface area contributed by atoms with Gasteiger partial charge in [-0.05, 0) is 86.6 Å². The van der Waals surface area contributed by atoms with Crippen LogP contribution in [-0.4, -0.2) is 45.3 Å². The number of nitrogens with zero attached hydrogens (tertiary/aromatic N) is 3. The minimum Gasteiger partial charge on any atom is -0.861 e. The van der Waals surface area contributed by atoms with E-state index in [1.165, 1.54) is 0 Å². The molecule has 0 amide bonds. The first-order valence-corrected chi connectivity index (χ1v) is 19.4. The number of hydrogen-bond donors (Lipinski definition) is 0. The summed E-state index contributed by atoms with van der Waals surface area (Å²) in [6.45, 7) is 6.18. The highest BCUT2D eigenvalue weighted by Gasteiger charge is 2.27. The van der Waals surface area contributed by atoms with Crippen LogP contribution in [0.15, 0.2) is 73.0 Å². The summed E-state index contributed by atoms with van der Waals surface area (Å²) < 4.78 is 70.3. The lowest BCUT2D eigenvalue weighted by molar-refractivity contribution is -0.667. The van der Waals surface area contributed by atoms with Gasteiger partial charge in [0.25, 0.3) is 15.0 Å². The van der Waals surface area contributed by atoms with Gasteiger partial charge in [0, 0.05) is 29.7 Å². The summed E-state index contributed by atoms with van der Waals surface area (Å²) in [5, 5.41) is 14.0. The van der Waals surface area contributed by atoms with Crippen molar-refractivity contribution in [2.45, 2.75) is 57.9 Å². The van der Waals surface area contributed by atoms with Crippen LogP contribution >= 0.6 is 23.1 Å². The summed E-state index contributed by atoms with van der Waals surface area (Å²) in [5.41, 5.74) is 4.90. The Kier molecular flexibility index (Phi) is 10.1. The fourth-order valence-electron chi connectivity index (χ4n) is 5.28. The van der Waals surface area contributed by atoms with Crippen molar-refractivity contribution in [2.24, 2.45) is 4.40 Å². The number of aromatic nitrogens is 1. The van der Waals surface area contributed by atoms with E-state index in [-0.39, 0.29) is 12.2 Å². The van der Waals surface area contributed by atoms with E-state index in [0.717, 1.165) is 66.3 Å². The number of fused-ring (bicyclic) bond motifs is 4. The number of aryl methyl sites for hydroxylation is 2. The molecule has 0 N–H and O–H groups in total. The zero-order chi connectivity index (χ0) is 32.4. The molecular weight excluding hydrogens is 655 g/mol. The largest absolute Gasteiger partial charge is 0.861 e. The SMILES string of the molecule is CCC(/C=C1\Sc2ccc(C)cc2N1CCCCS(=O)(=O)/N=C(/C)[O-])=C\c1sc2ccc3occc3c2[n+]1CCCS(=O)(=O)[O-]. The number of thiazole rings is 1. The van der Waals surface area contributed by atoms with Crippen LogP contribution in [-0.2, 0) is 26.7 Å². The van der Waals surface area contributed by atoms with Gasteiger partial charge in [-0.25, -0.2) is 16.8 Å². The molecule has 3 heterocycles. The Hall–Kier alpha value is -3.17. The highest BCUT2D eigenvalue weighted by atomic mass is 32.2. The molecule has 45 heavy (non-hydrogen) atoms. The molecule has 14 heteroatoms. The lowest BCUT2D eigenvalue weighted by Crippen LogP contribution is -2.36. The monoisotopic (exact) mass is 688 g/mol. The molecule has 0 aliphatic carbocycles. The van der Waals surface area contributed by atoms with Gasteiger partial charge in [0.2, 0.25) is 5.52 Å². The Morgan fingerprint density at radius 1 is 1.09 bits per heavy atom. The van der Waals surface area contributed by atoms with Crippen LogP contribution in [0.5, 0.6) is 0 Å². The predicted octanol–water partition coefficient (Wildman–Crippen LogP) is 5.31. The lowest BCUT2D eigenvalue weighted by Gasteiger charge is -2.21. The van der Waals surface area contributed by atoms with Gasteiger partial charge in [-0.2, -0.15) is 8.96 Å². The zero-order valence-electron chi connectivity index (χ0n) is 25.2. The molecule has 0 unspecified atom stereocenters. The van der Waals surface area contributed by atoms with Gasteiger partial charge in [-0.1, -0.05) is 36.1 Å². The molecule has 0 radical (unpaired) electrons. The van der Waals surface area contributed by atoms with Gasteiger partial charge in [0.05, 0.1) is 38.2 Å². The van der Waals surface area contributed by atoms with Crippen molar-refractivity contribution in [1.29, 1.82) is 0 Å². The van der Waals surface area contributed by atoms with E-state index in [1.807, 2.05) is 25.1 Å². The second-order valence-corrected chi connectivity index (χ2v) is 16.2. The Balaban J connectivity index is 1.48. The Bertz CT molecular complexity index is 2040. The molecule has 0 fully saturated rings. The third-order valence-corrected chi connectivity index (χ3v) is 11.6. The maximum atomic E-state index is 12.1. The second-order valence-electron chi connectivity index (χ2n) is 10.8. The van der Waals surface area contributed by atoms with Crippen molar-refractivity contribution < 1.29 is 35.5 Å². The molecule has 0 saturated heterocycles. The van der Waals surface area contributed by atoms with Gasteiger partial charge in [-0.15, -0.1) is 0 Å². The Morgan fingerprint density at radius 2 is 1.89 bits per heavy atom. The van der Waals surface area contributed by atoms with Crippen LogP contribution in [0.4, 0.5) is 5.69 Å². The van der Waals surface area contributed by atoms with E-state index < -0.39 is 31.8 Å². The van der Waals surface area contributed by atoms with Crippen LogP contribution in [0, 0.1) is 6.92 Å². The molecule has 4 aromatic rings. The van der Waals surface area contributed by atoms with Gasteiger partial charge in [0.15, 0.2) is 6.54 Å². The lowest BCUT2D eigenvalue weighted by atomic mass is 10.1. The Labute approximate surface area is 271 Å². The number of rotatable bonds is 13. The van der Waals surface area contributed by atoms with Crippen molar-refractivity contribution in [3.05, 3.63) is 69.9 Å². The fourth-order valence-corrected chi connectivity index (χ4v) is 9.15. The maximum absolute atomic E-state index is 12.1. The summed E-state index contributed by atoms with van der Waals surface area (Å²) in [7, 11) is -8.13. The molecule has 5 rings (SSSR count). The zero-order valence-corrected chi connectivity index (χ0v) is 28.5. The first-order valence-electron chi connectivity index (χ1n) is 14.5. The van der Waals surface area contributed by atoms with Crippen molar-refractivity contribution in [3.8, 4) is 0 Å². The molecule has 0 saturated carbocycles. The van der Waals surface area contributed by atoms with Crippen molar-refractivity contribution in [1.82, 2.24) is 0 Å². The predicted molar refractivity (Wildman–Crippen MR) is 178 cm³/mol. The standard InChI is InChI=1S/C31H35N3O7S4/c1-4-23(20-30-34(14-7-17-45(38,39)40)31-24-12-15-41-26(24)9-11-28(31)43-30)19-29-33(25-18-21(2)8-10-27(25)42-29)13-5-6-16-44(36,37)32-22(3)35/h8-12,15,18-20H,4-7,13-14,16-17H2,1-3H3,(H-,32,35,38,39,40)/p-1. The first kappa shape index (κ1) is 33.2. The first-order chi connectivity index (χ1) is 21.3. The van der Waals surface area contributed by atoms with Crippen LogP contribution < -0.4 is 14.6 Å². The third kappa shape index (κ3) is 8.17. The molecule has 0 spiro atoms. The number of unbranched alkanes of at least 4 members (excludes halogenated alkanes) is 1. The quantitative estimate of drug-likeness (QED) is 0.0599. The average molecular weight is 689 g/mol. The Morgan fingerprint density at radius 3 is 2.62 bits per heavy atom. The number of furan rings is 1. The number of thioether (sulfide) groups is 1. The highest BCUT2D eigenvalue weighted by molar-refractivity contribution is 8.03. The highest BCUT2D eigenvalue weighted by Crippen LogP contribution is 2.47. The van der Waals surface area contributed by atoms with E-state index in [4.69, 9.17) is 4.42 Å². The van der Waals surface area contributed by atoms with Crippen molar-refractivity contribution >= 4 is 82.1 Å². The van der Waals surface area contributed by atoms with E-state index in [2.05, 4.69) is 51.1 Å². The molecular formula is C31H34N3O7S4-. The van der Waals surface area contributed by atoms with Crippen LogP contribution in [0.1, 0.15) is 50.1 Å². The van der Waals surface area contributed by atoms with Crippen LogP contribution in [0.3, 0.4) is 0 Å². The summed E-state index contributed by atoms with van der Waals surface area (Å²) >= 11 is 3.25. The molecule has 240 valence electrons. The number of benzene rings is 2. The topological polar surface area (TPSA) is 147 Å². The number of sulfonamides is 1. The normalized spacial score (nSPS) is 15.6. The van der Waals surface area contributed by atoms with E-state index >= 15 is 0 Å². The summed E-state index contributed by atoms with van der Waals surface area (Å²) in [5.74, 6) is -1.35. The number of anilines is 1. The number of allylic oxidation sites excluding steroid dienone is 2. The molecule has 2 aromatic heterocycles. The third-order valence-electron chi connectivity index (χ3n) is 7.31. The number of hydrogen-bond acceptors (Lipinski definition) is 10.